The summed E-state index contributed by atoms with van der Waals surface area (Å²) in [4.78, 5) is 28.5. The summed E-state index contributed by atoms with van der Waals surface area (Å²) in [6, 6.07) is 13.6. The SMILES string of the molecule is CC(=O)N[C@H](CCN(CCN(C)Cc1ccccc1)C(=O)OC(C)(C)C)Cc1cc(O)cc(F)c1. The lowest BCUT2D eigenvalue weighted by atomic mass is 10.0. The summed E-state index contributed by atoms with van der Waals surface area (Å²) in [6.07, 6.45) is 0.343. The summed E-state index contributed by atoms with van der Waals surface area (Å²) < 4.78 is 19.3. The summed E-state index contributed by atoms with van der Waals surface area (Å²) in [5, 5.41) is 12.6. The third kappa shape index (κ3) is 11.2. The minimum atomic E-state index is -0.637. The maximum atomic E-state index is 13.7. The molecule has 2 amide bonds. The van der Waals surface area contributed by atoms with E-state index in [9.17, 15) is 19.1 Å². The maximum Gasteiger partial charge on any atom is 0.410 e. The number of nitrogens with zero attached hydrogens (tertiary/aromatic N) is 2. The molecule has 0 saturated heterocycles. The normalized spacial score (nSPS) is 12.3. The molecule has 0 heterocycles. The summed E-state index contributed by atoms with van der Waals surface area (Å²) in [5.74, 6) is -0.932. The number of rotatable bonds is 11. The van der Waals surface area contributed by atoms with E-state index in [4.69, 9.17) is 4.74 Å². The van der Waals surface area contributed by atoms with Crippen molar-refractivity contribution in [3.63, 3.8) is 0 Å². The lowest BCUT2D eigenvalue weighted by Crippen LogP contribution is -2.44. The van der Waals surface area contributed by atoms with Gasteiger partial charge in [-0.05, 0) is 63.9 Å². The van der Waals surface area contributed by atoms with Crippen molar-refractivity contribution in [3.05, 3.63) is 65.5 Å². The molecule has 0 unspecified atom stereocenters. The fraction of sp³-hybridized carbons (Fsp3) is 0.481. The van der Waals surface area contributed by atoms with Crippen LogP contribution in [0.5, 0.6) is 5.75 Å². The second-order valence-electron chi connectivity index (χ2n) is 9.90. The molecule has 192 valence electrons. The van der Waals surface area contributed by atoms with Gasteiger partial charge in [0.2, 0.25) is 5.91 Å². The summed E-state index contributed by atoms with van der Waals surface area (Å²) in [7, 11) is 2.00. The molecular weight excluding hydrogens is 449 g/mol. The molecule has 8 heteroatoms. The number of phenols is 1. The highest BCUT2D eigenvalue weighted by molar-refractivity contribution is 5.73. The standard InChI is InChI=1S/C27H38FN3O4/c1-20(32)29-24(16-22-15-23(28)18-25(33)17-22)11-12-31(26(34)35-27(2,3)4)14-13-30(5)19-21-9-7-6-8-10-21/h6-10,15,17-18,24,33H,11-14,16,19H2,1-5H3,(H,29,32)/t24-/m1/s1. The van der Waals surface area contributed by atoms with Crippen LogP contribution < -0.4 is 5.32 Å². The Labute approximate surface area is 207 Å². The Morgan fingerprint density at radius 2 is 1.74 bits per heavy atom. The zero-order chi connectivity index (χ0) is 26.0. The smallest absolute Gasteiger partial charge is 0.410 e. The van der Waals surface area contributed by atoms with E-state index >= 15 is 0 Å². The van der Waals surface area contributed by atoms with Gasteiger partial charge in [-0.2, -0.15) is 0 Å². The molecule has 2 aromatic carbocycles. The van der Waals surface area contributed by atoms with E-state index in [1.165, 1.54) is 24.6 Å². The molecule has 0 saturated carbocycles. The molecule has 0 fully saturated rings. The van der Waals surface area contributed by atoms with E-state index in [1.807, 2.05) is 46.0 Å². The molecular formula is C27H38FN3O4. The minimum absolute atomic E-state index is 0.168. The van der Waals surface area contributed by atoms with E-state index in [2.05, 4.69) is 22.3 Å². The topological polar surface area (TPSA) is 82.1 Å². The zero-order valence-corrected chi connectivity index (χ0v) is 21.4. The predicted octanol–water partition coefficient (Wildman–Crippen LogP) is 4.34. The van der Waals surface area contributed by atoms with Crippen molar-refractivity contribution in [1.82, 2.24) is 15.1 Å². The third-order valence-electron chi connectivity index (χ3n) is 5.28. The van der Waals surface area contributed by atoms with Crippen LogP contribution >= 0.6 is 0 Å². The second-order valence-corrected chi connectivity index (χ2v) is 9.90. The number of aromatic hydroxyl groups is 1. The van der Waals surface area contributed by atoms with Gasteiger partial charge in [-0.15, -0.1) is 0 Å². The van der Waals surface area contributed by atoms with Gasteiger partial charge in [0.25, 0.3) is 0 Å². The number of phenolic OH excluding ortho intramolecular Hbond substituents is 1. The molecule has 0 aliphatic rings. The first-order valence-electron chi connectivity index (χ1n) is 11.9. The van der Waals surface area contributed by atoms with Gasteiger partial charge < -0.3 is 25.0 Å². The maximum absolute atomic E-state index is 13.7. The Kier molecular flexibility index (Phi) is 10.5. The molecule has 0 aliphatic carbocycles. The van der Waals surface area contributed by atoms with Gasteiger partial charge in [-0.1, -0.05) is 30.3 Å². The van der Waals surface area contributed by atoms with Gasteiger partial charge in [0.1, 0.15) is 17.2 Å². The van der Waals surface area contributed by atoms with E-state index < -0.39 is 17.5 Å². The Balaban J connectivity index is 2.06. The largest absolute Gasteiger partial charge is 0.508 e. The highest BCUT2D eigenvalue weighted by atomic mass is 19.1. The van der Waals surface area contributed by atoms with Gasteiger partial charge in [-0.25, -0.2) is 9.18 Å². The second kappa shape index (κ2) is 13.1. The van der Waals surface area contributed by atoms with Crippen LogP contribution in [-0.4, -0.2) is 65.2 Å². The minimum Gasteiger partial charge on any atom is -0.508 e. The van der Waals surface area contributed by atoms with Crippen molar-refractivity contribution in [1.29, 1.82) is 0 Å². The average molecular weight is 488 g/mol. The monoisotopic (exact) mass is 487 g/mol. The Morgan fingerprint density at radius 1 is 1.06 bits per heavy atom. The Hall–Kier alpha value is -3.13. The molecule has 1 atom stereocenters. The molecule has 2 rings (SSSR count). The van der Waals surface area contributed by atoms with Crippen LogP contribution in [0.1, 0.15) is 45.2 Å². The van der Waals surface area contributed by atoms with Crippen LogP contribution in [0.3, 0.4) is 0 Å². The van der Waals surface area contributed by atoms with Crippen molar-refractivity contribution in [2.45, 2.75) is 58.7 Å². The van der Waals surface area contributed by atoms with E-state index in [1.54, 1.807) is 4.90 Å². The first-order chi connectivity index (χ1) is 16.4. The van der Waals surface area contributed by atoms with Gasteiger partial charge in [-0.3, -0.25) is 4.79 Å². The predicted molar refractivity (Wildman–Crippen MR) is 135 cm³/mol. The molecule has 2 N–H and O–H groups in total. The van der Waals surface area contributed by atoms with Crippen LogP contribution in [0, 0.1) is 5.82 Å². The lowest BCUT2D eigenvalue weighted by Gasteiger charge is -2.30. The van der Waals surface area contributed by atoms with Gasteiger partial charge in [0, 0.05) is 45.2 Å². The molecule has 0 spiro atoms. The van der Waals surface area contributed by atoms with Crippen LogP contribution in [0.25, 0.3) is 0 Å². The number of carbonyl (C=O) groups excluding carboxylic acids is 2. The fourth-order valence-electron chi connectivity index (χ4n) is 3.75. The van der Waals surface area contributed by atoms with Crippen LogP contribution in [0.15, 0.2) is 48.5 Å². The molecule has 0 aromatic heterocycles. The highest BCUT2D eigenvalue weighted by Crippen LogP contribution is 2.18. The summed E-state index contributed by atoms with van der Waals surface area (Å²) >= 11 is 0. The number of likely N-dealkylation sites (N-methyl/N-ethyl adjacent to an activating group) is 1. The number of benzene rings is 2. The van der Waals surface area contributed by atoms with Crippen molar-refractivity contribution in [2.24, 2.45) is 0 Å². The lowest BCUT2D eigenvalue weighted by molar-refractivity contribution is -0.119. The van der Waals surface area contributed by atoms with Crippen molar-refractivity contribution in [2.75, 3.05) is 26.7 Å². The van der Waals surface area contributed by atoms with Gasteiger partial charge >= 0.3 is 6.09 Å². The first-order valence-corrected chi connectivity index (χ1v) is 11.9. The molecule has 35 heavy (non-hydrogen) atoms. The number of hydrogen-bond donors (Lipinski definition) is 2. The Morgan fingerprint density at radius 3 is 2.34 bits per heavy atom. The number of nitrogens with one attached hydrogen (secondary N) is 1. The molecule has 0 bridgehead atoms. The molecule has 0 radical (unpaired) electrons. The van der Waals surface area contributed by atoms with Crippen LogP contribution in [0.2, 0.25) is 0 Å². The molecule has 0 aliphatic heterocycles. The number of carbonyl (C=O) groups is 2. The van der Waals surface area contributed by atoms with Crippen molar-refractivity contribution in [3.8, 4) is 5.75 Å². The third-order valence-corrected chi connectivity index (χ3v) is 5.28. The highest BCUT2D eigenvalue weighted by Gasteiger charge is 2.24. The van der Waals surface area contributed by atoms with Crippen molar-refractivity contribution < 1.29 is 23.8 Å². The van der Waals surface area contributed by atoms with Crippen LogP contribution in [-0.2, 0) is 22.5 Å². The molecule has 2 aromatic rings. The van der Waals surface area contributed by atoms with Crippen molar-refractivity contribution >= 4 is 12.0 Å². The first kappa shape index (κ1) is 28.1. The quantitative estimate of drug-likeness (QED) is 0.493. The number of ether oxygens (including phenoxy) is 1. The van der Waals surface area contributed by atoms with Crippen LogP contribution in [0.4, 0.5) is 9.18 Å². The van der Waals surface area contributed by atoms with Gasteiger partial charge in [0.15, 0.2) is 0 Å². The zero-order valence-electron chi connectivity index (χ0n) is 21.4. The van der Waals surface area contributed by atoms with E-state index in [0.29, 0.717) is 38.0 Å². The summed E-state index contributed by atoms with van der Waals surface area (Å²) in [6.45, 7) is 9.06. The average Bonchev–Trinajstić information content (AvgIpc) is 2.71. The van der Waals surface area contributed by atoms with Gasteiger partial charge in [0.05, 0.1) is 0 Å². The number of hydrogen-bond acceptors (Lipinski definition) is 5. The van der Waals surface area contributed by atoms with E-state index in [0.717, 1.165) is 12.6 Å². The van der Waals surface area contributed by atoms with E-state index in [-0.39, 0.29) is 17.7 Å². The summed E-state index contributed by atoms with van der Waals surface area (Å²) in [5.41, 5.74) is 1.11. The fourth-order valence-corrected chi connectivity index (χ4v) is 3.75. The Bertz CT molecular complexity index is 942. The number of amides is 2. The number of halogens is 1. The molecule has 7 nitrogen and oxygen atoms in total.